The fraction of sp³-hybridized carbons (Fsp3) is 0.429. The molecule has 2 saturated heterocycles. The van der Waals surface area contributed by atoms with Crippen LogP contribution < -0.4 is 10.2 Å². The van der Waals surface area contributed by atoms with Crippen LogP contribution in [0.3, 0.4) is 0 Å². The number of thiazole rings is 1. The quantitative estimate of drug-likeness (QED) is 0.502. The largest absolute Gasteiger partial charge is 0.379 e. The van der Waals surface area contributed by atoms with Crippen molar-refractivity contribution in [3.8, 4) is 10.6 Å². The topological polar surface area (TPSA) is 57.7 Å². The number of nitrogens with zero attached hydrogens (tertiary/aromatic N) is 3. The van der Waals surface area contributed by atoms with Gasteiger partial charge in [0.15, 0.2) is 0 Å². The number of hydrogen-bond donors (Lipinski definition) is 1. The number of aromatic nitrogens is 1. The molecule has 2 fully saturated rings. The second-order valence-electron chi connectivity index (χ2n) is 9.67. The van der Waals surface area contributed by atoms with Gasteiger partial charge in [-0.1, -0.05) is 31.2 Å². The Balaban J connectivity index is 1.13. The molecule has 0 saturated carbocycles. The number of hydrogen-bond acceptors (Lipinski definition) is 6. The molecule has 0 spiro atoms. The minimum Gasteiger partial charge on any atom is -0.379 e. The van der Waals surface area contributed by atoms with E-state index < -0.39 is 0 Å². The smallest absolute Gasteiger partial charge is 0.230 e. The fourth-order valence-corrected chi connectivity index (χ4v) is 5.51. The Bertz CT molecular complexity index is 1100. The van der Waals surface area contributed by atoms with Crippen molar-refractivity contribution in [3.63, 3.8) is 0 Å². The lowest BCUT2D eigenvalue weighted by Crippen LogP contribution is -2.35. The van der Waals surface area contributed by atoms with E-state index in [2.05, 4.69) is 58.4 Å². The third kappa shape index (κ3) is 6.48. The molecule has 2 aromatic carbocycles. The van der Waals surface area contributed by atoms with Gasteiger partial charge in [-0.3, -0.25) is 9.69 Å². The van der Waals surface area contributed by atoms with Crippen molar-refractivity contribution in [2.24, 2.45) is 5.92 Å². The third-order valence-corrected chi connectivity index (χ3v) is 7.84. The van der Waals surface area contributed by atoms with Crippen LogP contribution in [0.1, 0.15) is 31.0 Å². The summed E-state index contributed by atoms with van der Waals surface area (Å²) in [5.41, 5.74) is 5.26. The lowest BCUT2D eigenvalue weighted by atomic mass is 9.99. The van der Waals surface area contributed by atoms with Gasteiger partial charge in [0.1, 0.15) is 5.01 Å². The van der Waals surface area contributed by atoms with E-state index in [-0.39, 0.29) is 12.3 Å². The monoisotopic (exact) mass is 490 g/mol. The first kappa shape index (κ1) is 24.0. The average Bonchev–Trinajstić information content (AvgIpc) is 3.34. The van der Waals surface area contributed by atoms with Crippen LogP contribution in [0.15, 0.2) is 53.9 Å². The van der Waals surface area contributed by atoms with Crippen LogP contribution in [0, 0.1) is 5.92 Å². The SMILES string of the molecule is CC1CCN(c2ccc(NC(=O)Cc3csc(-c4ccc(CN5CCOCC5)cc4)n3)cc2)CC1. The first-order valence-electron chi connectivity index (χ1n) is 12.6. The number of piperidine rings is 1. The number of rotatable bonds is 7. The van der Waals surface area contributed by atoms with E-state index in [9.17, 15) is 4.79 Å². The molecule has 7 heteroatoms. The van der Waals surface area contributed by atoms with Gasteiger partial charge in [-0.2, -0.15) is 0 Å². The van der Waals surface area contributed by atoms with E-state index in [0.29, 0.717) is 0 Å². The van der Waals surface area contributed by atoms with Crippen molar-refractivity contribution in [1.29, 1.82) is 0 Å². The van der Waals surface area contributed by atoms with E-state index in [4.69, 9.17) is 9.72 Å². The van der Waals surface area contributed by atoms with Gasteiger partial charge in [-0.25, -0.2) is 4.98 Å². The molecule has 2 aliphatic heterocycles. The first-order valence-corrected chi connectivity index (χ1v) is 13.5. The molecule has 35 heavy (non-hydrogen) atoms. The summed E-state index contributed by atoms with van der Waals surface area (Å²) in [7, 11) is 0. The lowest BCUT2D eigenvalue weighted by molar-refractivity contribution is -0.115. The van der Waals surface area contributed by atoms with Gasteiger partial charge in [0.25, 0.3) is 0 Å². The van der Waals surface area contributed by atoms with Gasteiger partial charge in [0.05, 0.1) is 25.3 Å². The van der Waals surface area contributed by atoms with E-state index >= 15 is 0 Å². The molecule has 1 amide bonds. The summed E-state index contributed by atoms with van der Waals surface area (Å²) in [4.78, 5) is 22.2. The highest BCUT2D eigenvalue weighted by Gasteiger charge is 2.16. The maximum atomic E-state index is 12.6. The number of benzene rings is 2. The van der Waals surface area contributed by atoms with E-state index in [1.807, 2.05) is 17.5 Å². The highest BCUT2D eigenvalue weighted by molar-refractivity contribution is 7.13. The summed E-state index contributed by atoms with van der Waals surface area (Å²) in [6, 6.07) is 16.8. The van der Waals surface area contributed by atoms with Gasteiger partial charge in [-0.15, -0.1) is 11.3 Å². The molecule has 3 heterocycles. The summed E-state index contributed by atoms with van der Waals surface area (Å²) in [6.07, 6.45) is 2.76. The Kier molecular flexibility index (Phi) is 7.76. The molecule has 0 atom stereocenters. The summed E-state index contributed by atoms with van der Waals surface area (Å²) in [5.74, 6) is 0.776. The maximum Gasteiger partial charge on any atom is 0.230 e. The van der Waals surface area contributed by atoms with Crippen molar-refractivity contribution in [3.05, 3.63) is 65.2 Å². The second-order valence-corrected chi connectivity index (χ2v) is 10.5. The van der Waals surface area contributed by atoms with Crippen molar-refractivity contribution < 1.29 is 9.53 Å². The molecule has 0 aliphatic carbocycles. The van der Waals surface area contributed by atoms with Gasteiger partial charge in [-0.05, 0) is 48.6 Å². The Morgan fingerprint density at radius 3 is 2.46 bits per heavy atom. The summed E-state index contributed by atoms with van der Waals surface area (Å²) >= 11 is 1.59. The molecule has 6 nitrogen and oxygen atoms in total. The summed E-state index contributed by atoms with van der Waals surface area (Å²) in [5, 5.41) is 5.95. The first-order chi connectivity index (χ1) is 17.1. The molecular formula is C28H34N4O2S. The minimum atomic E-state index is -0.0396. The Morgan fingerprint density at radius 1 is 1.03 bits per heavy atom. The molecule has 3 aromatic rings. The molecular weight excluding hydrogens is 456 g/mol. The Labute approximate surface area is 211 Å². The molecule has 0 radical (unpaired) electrons. The predicted octanol–water partition coefficient (Wildman–Crippen LogP) is 5.06. The van der Waals surface area contributed by atoms with Gasteiger partial charge < -0.3 is 15.0 Å². The van der Waals surface area contributed by atoms with Gasteiger partial charge >= 0.3 is 0 Å². The van der Waals surface area contributed by atoms with Crippen LogP contribution in [-0.4, -0.2) is 55.2 Å². The molecule has 1 aromatic heterocycles. The third-order valence-electron chi connectivity index (χ3n) is 6.90. The number of anilines is 2. The highest BCUT2D eigenvalue weighted by Crippen LogP contribution is 2.26. The zero-order chi connectivity index (χ0) is 24.0. The molecule has 2 aliphatic rings. The van der Waals surface area contributed by atoms with E-state index in [1.54, 1.807) is 11.3 Å². The van der Waals surface area contributed by atoms with Crippen LogP contribution in [0.25, 0.3) is 10.6 Å². The predicted molar refractivity (Wildman–Crippen MR) is 143 cm³/mol. The zero-order valence-electron chi connectivity index (χ0n) is 20.4. The molecule has 0 bridgehead atoms. The Hall–Kier alpha value is -2.74. The minimum absolute atomic E-state index is 0.0396. The molecule has 1 N–H and O–H groups in total. The highest BCUT2D eigenvalue weighted by atomic mass is 32.1. The van der Waals surface area contributed by atoms with Gasteiger partial charge in [0.2, 0.25) is 5.91 Å². The maximum absolute atomic E-state index is 12.6. The molecule has 184 valence electrons. The molecule has 5 rings (SSSR count). The summed E-state index contributed by atoms with van der Waals surface area (Å²) < 4.78 is 5.43. The number of nitrogens with one attached hydrogen (secondary N) is 1. The van der Waals surface area contributed by atoms with Crippen LogP contribution in [0.2, 0.25) is 0 Å². The normalized spacial score (nSPS) is 17.5. The number of amides is 1. The van der Waals surface area contributed by atoms with Crippen molar-refractivity contribution >= 4 is 28.6 Å². The van der Waals surface area contributed by atoms with Gasteiger partial charge in [0, 0.05) is 55.0 Å². The lowest BCUT2D eigenvalue weighted by Gasteiger charge is -2.32. The van der Waals surface area contributed by atoms with E-state index in [0.717, 1.165) is 73.8 Å². The fourth-order valence-electron chi connectivity index (χ4n) is 4.68. The number of carbonyl (C=O) groups excluding carboxylic acids is 1. The van der Waals surface area contributed by atoms with E-state index in [1.165, 1.54) is 24.1 Å². The van der Waals surface area contributed by atoms with Crippen molar-refractivity contribution in [2.45, 2.75) is 32.7 Å². The second kappa shape index (κ2) is 11.3. The summed E-state index contributed by atoms with van der Waals surface area (Å²) in [6.45, 7) is 9.10. The van der Waals surface area contributed by atoms with Crippen LogP contribution >= 0.6 is 11.3 Å². The van der Waals surface area contributed by atoms with Crippen LogP contribution in [0.4, 0.5) is 11.4 Å². The zero-order valence-corrected chi connectivity index (χ0v) is 21.2. The number of morpholine rings is 1. The van der Waals surface area contributed by atoms with Crippen LogP contribution in [0.5, 0.6) is 0 Å². The standard InChI is InChI=1S/C28H34N4O2S/c1-21-10-12-32(13-11-21)26-8-6-24(7-9-26)29-27(33)18-25-20-35-28(30-25)23-4-2-22(3-5-23)19-31-14-16-34-17-15-31/h2-9,20-21H,10-19H2,1H3,(H,29,33). The number of ether oxygens (including phenoxy) is 1. The molecule has 0 unspecified atom stereocenters. The van der Waals surface area contributed by atoms with Crippen molar-refractivity contribution in [2.75, 3.05) is 49.6 Å². The Morgan fingerprint density at radius 2 is 1.74 bits per heavy atom. The number of carbonyl (C=O) groups is 1. The average molecular weight is 491 g/mol. The van der Waals surface area contributed by atoms with Crippen molar-refractivity contribution in [1.82, 2.24) is 9.88 Å². The van der Waals surface area contributed by atoms with Crippen LogP contribution in [-0.2, 0) is 22.5 Å².